The molecule has 0 amide bonds. The zero-order chi connectivity index (χ0) is 11.5. The van der Waals surface area contributed by atoms with Crippen molar-refractivity contribution >= 4 is 12.4 Å². The van der Waals surface area contributed by atoms with Gasteiger partial charge in [0.15, 0.2) is 0 Å². The SMILES string of the molecule is CCCC1NNC(N)C1c1ccc(F)cc1.Cl. The topological polar surface area (TPSA) is 50.1 Å². The van der Waals surface area contributed by atoms with Crippen LogP contribution in [-0.2, 0) is 0 Å². The zero-order valence-corrected chi connectivity index (χ0v) is 10.6. The van der Waals surface area contributed by atoms with Crippen molar-refractivity contribution in [3.8, 4) is 0 Å². The standard InChI is InChI=1S/C12H18FN3.ClH/c1-2-3-10-11(12(14)16-15-10)8-4-6-9(13)7-5-8;/h4-7,10-12,15-16H,2-3,14H2,1H3;1H. The number of hydrazine groups is 1. The van der Waals surface area contributed by atoms with Gasteiger partial charge in [-0.3, -0.25) is 5.43 Å². The quantitative estimate of drug-likeness (QED) is 0.777. The molecule has 0 saturated carbocycles. The lowest BCUT2D eigenvalue weighted by atomic mass is 9.88. The molecule has 5 heteroatoms. The smallest absolute Gasteiger partial charge is 0.123 e. The van der Waals surface area contributed by atoms with Crippen LogP contribution in [0.5, 0.6) is 0 Å². The fourth-order valence-electron chi connectivity index (χ4n) is 2.32. The van der Waals surface area contributed by atoms with Gasteiger partial charge in [0.1, 0.15) is 5.82 Å². The highest BCUT2D eigenvalue weighted by atomic mass is 35.5. The molecule has 1 aliphatic rings. The van der Waals surface area contributed by atoms with E-state index in [1.54, 1.807) is 0 Å². The van der Waals surface area contributed by atoms with Crippen LogP contribution in [-0.4, -0.2) is 12.2 Å². The van der Waals surface area contributed by atoms with Crippen molar-refractivity contribution in [2.45, 2.75) is 37.9 Å². The van der Waals surface area contributed by atoms with E-state index in [4.69, 9.17) is 5.73 Å². The van der Waals surface area contributed by atoms with Crippen LogP contribution in [0, 0.1) is 5.82 Å². The van der Waals surface area contributed by atoms with Crippen LogP contribution in [0.1, 0.15) is 31.2 Å². The van der Waals surface area contributed by atoms with Gasteiger partial charge < -0.3 is 5.73 Å². The number of hydrogen-bond donors (Lipinski definition) is 3. The molecule has 1 aromatic carbocycles. The molecule has 0 bridgehead atoms. The normalized spacial score (nSPS) is 27.8. The number of benzene rings is 1. The van der Waals surface area contributed by atoms with Gasteiger partial charge in [-0.25, -0.2) is 9.82 Å². The van der Waals surface area contributed by atoms with Gasteiger partial charge in [-0.2, -0.15) is 0 Å². The third-order valence-corrected chi connectivity index (χ3v) is 3.11. The molecule has 0 radical (unpaired) electrons. The van der Waals surface area contributed by atoms with Gasteiger partial charge in [0, 0.05) is 12.0 Å². The van der Waals surface area contributed by atoms with Gasteiger partial charge in [-0.05, 0) is 24.1 Å². The summed E-state index contributed by atoms with van der Waals surface area (Å²) in [5.41, 5.74) is 13.3. The van der Waals surface area contributed by atoms with Gasteiger partial charge in [0.2, 0.25) is 0 Å². The number of nitrogens with two attached hydrogens (primary N) is 1. The Morgan fingerprint density at radius 3 is 2.47 bits per heavy atom. The molecule has 17 heavy (non-hydrogen) atoms. The van der Waals surface area contributed by atoms with E-state index in [0.717, 1.165) is 18.4 Å². The monoisotopic (exact) mass is 259 g/mol. The van der Waals surface area contributed by atoms with Gasteiger partial charge in [0.25, 0.3) is 0 Å². The Hall–Kier alpha value is -0.680. The maximum Gasteiger partial charge on any atom is 0.123 e. The van der Waals surface area contributed by atoms with E-state index in [0.29, 0.717) is 6.04 Å². The first kappa shape index (κ1) is 14.4. The number of hydrogen-bond acceptors (Lipinski definition) is 3. The average molecular weight is 260 g/mol. The van der Waals surface area contributed by atoms with E-state index in [1.807, 2.05) is 12.1 Å². The largest absolute Gasteiger partial charge is 0.314 e. The summed E-state index contributed by atoms with van der Waals surface area (Å²) in [6, 6.07) is 6.94. The molecule has 1 aromatic rings. The Morgan fingerprint density at radius 2 is 1.88 bits per heavy atom. The average Bonchev–Trinajstić information content (AvgIpc) is 2.62. The Labute approximate surface area is 107 Å². The highest BCUT2D eigenvalue weighted by molar-refractivity contribution is 5.85. The summed E-state index contributed by atoms with van der Waals surface area (Å²) >= 11 is 0. The van der Waals surface area contributed by atoms with E-state index in [-0.39, 0.29) is 30.3 Å². The molecule has 0 aliphatic carbocycles. The van der Waals surface area contributed by atoms with E-state index < -0.39 is 0 Å². The zero-order valence-electron chi connectivity index (χ0n) is 9.82. The maximum absolute atomic E-state index is 12.9. The molecule has 1 saturated heterocycles. The maximum atomic E-state index is 12.9. The van der Waals surface area contributed by atoms with Gasteiger partial charge in [-0.15, -0.1) is 12.4 Å². The lowest BCUT2D eigenvalue weighted by Crippen LogP contribution is -2.38. The molecular formula is C12H19ClFN3. The van der Waals surface area contributed by atoms with Crippen LogP contribution < -0.4 is 16.6 Å². The van der Waals surface area contributed by atoms with Crippen molar-refractivity contribution in [1.29, 1.82) is 0 Å². The molecule has 4 N–H and O–H groups in total. The molecular weight excluding hydrogens is 241 g/mol. The molecule has 3 nitrogen and oxygen atoms in total. The summed E-state index contributed by atoms with van der Waals surface area (Å²) < 4.78 is 12.9. The van der Waals surface area contributed by atoms with Crippen molar-refractivity contribution in [2.75, 3.05) is 0 Å². The number of halogens is 2. The Kier molecular flexibility index (Phi) is 5.33. The van der Waals surface area contributed by atoms with Crippen molar-refractivity contribution in [1.82, 2.24) is 10.9 Å². The van der Waals surface area contributed by atoms with Gasteiger partial charge in [-0.1, -0.05) is 25.5 Å². The first-order valence-electron chi connectivity index (χ1n) is 5.74. The minimum absolute atomic E-state index is 0. The molecule has 1 fully saturated rings. The van der Waals surface area contributed by atoms with Crippen molar-refractivity contribution < 1.29 is 4.39 Å². The first-order valence-corrected chi connectivity index (χ1v) is 5.74. The minimum atomic E-state index is -0.205. The second kappa shape index (κ2) is 6.31. The van der Waals surface area contributed by atoms with Gasteiger partial charge >= 0.3 is 0 Å². The summed E-state index contributed by atoms with van der Waals surface area (Å²) in [5.74, 6) is 0.00354. The summed E-state index contributed by atoms with van der Waals surface area (Å²) in [6.07, 6.45) is 2.05. The molecule has 3 atom stereocenters. The van der Waals surface area contributed by atoms with Crippen LogP contribution in [0.3, 0.4) is 0 Å². The molecule has 1 aliphatic heterocycles. The van der Waals surface area contributed by atoms with E-state index in [2.05, 4.69) is 17.8 Å². The predicted molar refractivity (Wildman–Crippen MR) is 69.3 cm³/mol. The van der Waals surface area contributed by atoms with Gasteiger partial charge in [0.05, 0.1) is 6.17 Å². The first-order chi connectivity index (χ1) is 7.72. The lowest BCUT2D eigenvalue weighted by Gasteiger charge is -2.20. The molecule has 0 spiro atoms. The van der Waals surface area contributed by atoms with Crippen LogP contribution in [0.15, 0.2) is 24.3 Å². The molecule has 1 heterocycles. The predicted octanol–water partition coefficient (Wildman–Crippen LogP) is 1.89. The van der Waals surface area contributed by atoms with Crippen molar-refractivity contribution in [3.05, 3.63) is 35.6 Å². The van der Waals surface area contributed by atoms with Crippen LogP contribution in [0.2, 0.25) is 0 Å². The van der Waals surface area contributed by atoms with Crippen LogP contribution in [0.25, 0.3) is 0 Å². The summed E-state index contributed by atoms with van der Waals surface area (Å²) in [5, 5.41) is 0. The molecule has 0 aromatic heterocycles. The highest BCUT2D eigenvalue weighted by Crippen LogP contribution is 2.27. The fourth-order valence-corrected chi connectivity index (χ4v) is 2.32. The number of nitrogens with one attached hydrogen (secondary N) is 2. The Bertz CT molecular complexity index is 342. The summed E-state index contributed by atoms with van der Waals surface area (Å²) in [6.45, 7) is 2.15. The third-order valence-electron chi connectivity index (χ3n) is 3.11. The van der Waals surface area contributed by atoms with Crippen molar-refractivity contribution in [3.63, 3.8) is 0 Å². The lowest BCUT2D eigenvalue weighted by molar-refractivity contribution is 0.485. The molecule has 2 rings (SSSR count). The van der Waals surface area contributed by atoms with E-state index in [1.165, 1.54) is 12.1 Å². The molecule has 3 unspecified atom stereocenters. The summed E-state index contributed by atoms with van der Waals surface area (Å²) in [7, 11) is 0. The number of rotatable bonds is 3. The summed E-state index contributed by atoms with van der Waals surface area (Å²) in [4.78, 5) is 0. The van der Waals surface area contributed by atoms with Crippen LogP contribution >= 0.6 is 12.4 Å². The highest BCUT2D eigenvalue weighted by Gasteiger charge is 2.33. The van der Waals surface area contributed by atoms with E-state index >= 15 is 0 Å². The fraction of sp³-hybridized carbons (Fsp3) is 0.500. The second-order valence-electron chi connectivity index (χ2n) is 4.29. The Morgan fingerprint density at radius 1 is 1.24 bits per heavy atom. The minimum Gasteiger partial charge on any atom is -0.314 e. The van der Waals surface area contributed by atoms with Crippen LogP contribution in [0.4, 0.5) is 4.39 Å². The second-order valence-corrected chi connectivity index (χ2v) is 4.29. The molecule has 96 valence electrons. The third kappa shape index (κ3) is 3.16. The van der Waals surface area contributed by atoms with E-state index in [9.17, 15) is 4.39 Å². The van der Waals surface area contributed by atoms with Crippen molar-refractivity contribution in [2.24, 2.45) is 5.73 Å². The Balaban J connectivity index is 0.00000144.